The maximum atomic E-state index is 11.9. The maximum absolute atomic E-state index is 11.9. The zero-order valence-corrected chi connectivity index (χ0v) is 11.7. The maximum Gasteiger partial charge on any atom is 0.318 e. The standard InChI is InChI=1S/C10H12ClNO6S/c1-17-7-4-8(18-2)9(3-6(7)11)19(15,16)12-5-10(13)14/h3-4,12H,5H2,1-2H3,(H,13,14). The van der Waals surface area contributed by atoms with Crippen molar-refractivity contribution in [3.05, 3.63) is 17.2 Å². The summed E-state index contributed by atoms with van der Waals surface area (Å²) in [5.74, 6) is -1.06. The summed E-state index contributed by atoms with van der Waals surface area (Å²) in [6.07, 6.45) is 0. The number of carboxylic acids is 1. The number of hydrogen-bond donors (Lipinski definition) is 2. The molecule has 19 heavy (non-hydrogen) atoms. The van der Waals surface area contributed by atoms with Gasteiger partial charge in [0, 0.05) is 6.07 Å². The predicted molar refractivity (Wildman–Crippen MR) is 67.4 cm³/mol. The fourth-order valence-corrected chi connectivity index (χ4v) is 2.73. The minimum Gasteiger partial charge on any atom is -0.495 e. The van der Waals surface area contributed by atoms with Crippen molar-refractivity contribution in [2.24, 2.45) is 0 Å². The lowest BCUT2D eigenvalue weighted by Gasteiger charge is -2.12. The summed E-state index contributed by atoms with van der Waals surface area (Å²) in [5.41, 5.74) is 0. The molecule has 0 aromatic heterocycles. The molecule has 0 saturated carbocycles. The number of rotatable bonds is 6. The average molecular weight is 310 g/mol. The van der Waals surface area contributed by atoms with Gasteiger partial charge in [-0.3, -0.25) is 4.79 Å². The molecule has 1 aromatic rings. The summed E-state index contributed by atoms with van der Waals surface area (Å²) < 4.78 is 35.6. The number of hydrogen-bond acceptors (Lipinski definition) is 5. The molecule has 0 unspecified atom stereocenters. The van der Waals surface area contributed by atoms with Gasteiger partial charge in [0.05, 0.1) is 19.2 Å². The fourth-order valence-electron chi connectivity index (χ4n) is 1.28. The van der Waals surface area contributed by atoms with Crippen LogP contribution < -0.4 is 14.2 Å². The number of carboxylic acid groups (broad SMARTS) is 1. The number of methoxy groups -OCH3 is 2. The highest BCUT2D eigenvalue weighted by Gasteiger charge is 2.22. The molecule has 0 saturated heterocycles. The smallest absolute Gasteiger partial charge is 0.318 e. The second-order valence-corrected chi connectivity index (χ2v) is 5.50. The first-order valence-electron chi connectivity index (χ1n) is 4.94. The Balaban J connectivity index is 3.25. The van der Waals surface area contributed by atoms with Crippen molar-refractivity contribution in [1.29, 1.82) is 0 Å². The van der Waals surface area contributed by atoms with Crippen molar-refractivity contribution in [2.45, 2.75) is 4.90 Å². The third kappa shape index (κ3) is 3.72. The molecule has 7 nitrogen and oxygen atoms in total. The van der Waals surface area contributed by atoms with E-state index in [1.54, 1.807) is 0 Å². The monoisotopic (exact) mass is 309 g/mol. The van der Waals surface area contributed by atoms with Gasteiger partial charge in [-0.25, -0.2) is 8.42 Å². The molecule has 0 radical (unpaired) electrons. The lowest BCUT2D eigenvalue weighted by Crippen LogP contribution is -2.29. The van der Waals surface area contributed by atoms with Gasteiger partial charge in [0.2, 0.25) is 10.0 Å². The Hall–Kier alpha value is -1.51. The van der Waals surface area contributed by atoms with Gasteiger partial charge in [-0.1, -0.05) is 11.6 Å². The van der Waals surface area contributed by atoms with Crippen LogP contribution in [0.3, 0.4) is 0 Å². The van der Waals surface area contributed by atoms with Gasteiger partial charge in [0.1, 0.15) is 22.9 Å². The first kappa shape index (κ1) is 15.5. The quantitative estimate of drug-likeness (QED) is 0.803. The molecule has 2 N–H and O–H groups in total. The Labute approximate surface area is 115 Å². The molecule has 0 amide bonds. The van der Waals surface area contributed by atoms with Crippen LogP contribution in [0.15, 0.2) is 17.0 Å². The number of ether oxygens (including phenoxy) is 2. The van der Waals surface area contributed by atoms with Crippen molar-refractivity contribution in [1.82, 2.24) is 4.72 Å². The zero-order valence-electron chi connectivity index (χ0n) is 10.1. The Morgan fingerprint density at radius 3 is 2.37 bits per heavy atom. The van der Waals surface area contributed by atoms with Crippen LogP contribution in [0.5, 0.6) is 11.5 Å². The molecule has 1 aromatic carbocycles. The van der Waals surface area contributed by atoms with Crippen LogP contribution in [0, 0.1) is 0 Å². The Kier molecular flexibility index (Phi) is 4.98. The highest BCUT2D eigenvalue weighted by Crippen LogP contribution is 2.34. The Morgan fingerprint density at radius 1 is 1.32 bits per heavy atom. The van der Waals surface area contributed by atoms with E-state index >= 15 is 0 Å². The number of carbonyl (C=O) groups is 1. The number of benzene rings is 1. The highest BCUT2D eigenvalue weighted by atomic mass is 35.5. The number of aliphatic carboxylic acids is 1. The van der Waals surface area contributed by atoms with E-state index < -0.39 is 22.5 Å². The molecule has 0 fully saturated rings. The van der Waals surface area contributed by atoms with Gasteiger partial charge in [0.15, 0.2) is 0 Å². The summed E-state index contributed by atoms with van der Waals surface area (Å²) >= 11 is 5.84. The summed E-state index contributed by atoms with van der Waals surface area (Å²) in [4.78, 5) is 10.1. The molecule has 0 heterocycles. The van der Waals surface area contributed by atoms with E-state index in [-0.39, 0.29) is 21.4 Å². The van der Waals surface area contributed by atoms with Crippen LogP contribution in [0.25, 0.3) is 0 Å². The largest absolute Gasteiger partial charge is 0.495 e. The first-order chi connectivity index (χ1) is 8.81. The van der Waals surface area contributed by atoms with E-state index in [2.05, 4.69) is 0 Å². The molecule has 106 valence electrons. The van der Waals surface area contributed by atoms with Crippen LogP contribution in [-0.4, -0.2) is 40.3 Å². The number of nitrogens with one attached hydrogen (secondary N) is 1. The van der Waals surface area contributed by atoms with E-state index in [1.165, 1.54) is 20.3 Å². The normalized spacial score (nSPS) is 11.1. The summed E-state index contributed by atoms with van der Waals surface area (Å²) in [7, 11) is -1.39. The minimum absolute atomic E-state index is 0.000797. The lowest BCUT2D eigenvalue weighted by atomic mass is 10.3. The van der Waals surface area contributed by atoms with E-state index in [9.17, 15) is 13.2 Å². The van der Waals surface area contributed by atoms with Gasteiger partial charge < -0.3 is 14.6 Å². The van der Waals surface area contributed by atoms with Crippen molar-refractivity contribution >= 4 is 27.6 Å². The summed E-state index contributed by atoms with van der Waals surface area (Å²) in [6, 6.07) is 2.43. The molecule has 1 rings (SSSR count). The second kappa shape index (κ2) is 6.09. The van der Waals surface area contributed by atoms with E-state index in [0.29, 0.717) is 0 Å². The Bertz CT molecular complexity index is 586. The molecular formula is C10H12ClNO6S. The predicted octanol–water partition coefficient (Wildman–Crippen LogP) is 0.720. The van der Waals surface area contributed by atoms with Crippen molar-refractivity contribution in [3.63, 3.8) is 0 Å². The van der Waals surface area contributed by atoms with Gasteiger partial charge >= 0.3 is 5.97 Å². The Morgan fingerprint density at radius 2 is 1.89 bits per heavy atom. The van der Waals surface area contributed by atoms with Crippen LogP contribution in [-0.2, 0) is 14.8 Å². The summed E-state index contributed by atoms with van der Waals surface area (Å²) in [5, 5.41) is 8.55. The van der Waals surface area contributed by atoms with Gasteiger partial charge in [0.25, 0.3) is 0 Å². The van der Waals surface area contributed by atoms with Crippen molar-refractivity contribution < 1.29 is 27.8 Å². The van der Waals surface area contributed by atoms with Gasteiger partial charge in [-0.2, -0.15) is 4.72 Å². The molecule has 0 aliphatic carbocycles. The van der Waals surface area contributed by atoms with E-state index in [4.69, 9.17) is 26.2 Å². The van der Waals surface area contributed by atoms with Crippen molar-refractivity contribution in [3.8, 4) is 11.5 Å². The molecule has 0 aliphatic heterocycles. The molecular weight excluding hydrogens is 298 g/mol. The van der Waals surface area contributed by atoms with Crippen LogP contribution in [0.1, 0.15) is 0 Å². The molecule has 0 atom stereocenters. The summed E-state index contributed by atoms with van der Waals surface area (Å²) in [6.45, 7) is -0.741. The highest BCUT2D eigenvalue weighted by molar-refractivity contribution is 7.89. The molecule has 0 spiro atoms. The third-order valence-electron chi connectivity index (χ3n) is 2.14. The van der Waals surface area contributed by atoms with Crippen LogP contribution in [0.2, 0.25) is 5.02 Å². The first-order valence-corrected chi connectivity index (χ1v) is 6.81. The van der Waals surface area contributed by atoms with E-state index in [0.717, 1.165) is 6.07 Å². The third-order valence-corrected chi connectivity index (χ3v) is 3.86. The van der Waals surface area contributed by atoms with Gasteiger partial charge in [-0.15, -0.1) is 0 Å². The average Bonchev–Trinajstić information content (AvgIpc) is 2.36. The van der Waals surface area contributed by atoms with Crippen LogP contribution >= 0.6 is 11.6 Å². The lowest BCUT2D eigenvalue weighted by molar-refractivity contribution is -0.135. The van der Waals surface area contributed by atoms with Gasteiger partial charge in [-0.05, 0) is 6.07 Å². The second-order valence-electron chi connectivity index (χ2n) is 3.36. The van der Waals surface area contributed by atoms with Crippen LogP contribution in [0.4, 0.5) is 0 Å². The minimum atomic E-state index is -4.04. The molecule has 0 bridgehead atoms. The SMILES string of the molecule is COc1cc(OC)c(S(=O)(=O)NCC(=O)O)cc1Cl. The fraction of sp³-hybridized carbons (Fsp3) is 0.300. The number of halogens is 1. The zero-order chi connectivity index (χ0) is 14.6. The van der Waals surface area contributed by atoms with E-state index in [1.807, 2.05) is 4.72 Å². The number of sulfonamides is 1. The molecule has 9 heteroatoms. The topological polar surface area (TPSA) is 102 Å². The van der Waals surface area contributed by atoms with Crippen molar-refractivity contribution in [2.75, 3.05) is 20.8 Å². The molecule has 0 aliphatic rings.